The van der Waals surface area contributed by atoms with Gasteiger partial charge in [-0.25, -0.2) is 4.79 Å². The van der Waals surface area contributed by atoms with E-state index in [9.17, 15) is 27.9 Å². The van der Waals surface area contributed by atoms with Gasteiger partial charge >= 0.3 is 6.09 Å². The van der Waals surface area contributed by atoms with E-state index < -0.39 is 52.1 Å². The van der Waals surface area contributed by atoms with Gasteiger partial charge in [-0.1, -0.05) is 44.2 Å². The number of nitrogens with one attached hydrogen (secondary N) is 3. The summed E-state index contributed by atoms with van der Waals surface area (Å²) in [5, 5.41) is 16.7. The first kappa shape index (κ1) is 26.3. The minimum atomic E-state index is -4.79. The highest BCUT2D eigenvalue weighted by Crippen LogP contribution is 2.12. The summed E-state index contributed by atoms with van der Waals surface area (Å²) in [6, 6.07) is 6.57. The molecule has 0 saturated carbocycles. The summed E-state index contributed by atoms with van der Waals surface area (Å²) in [5.41, 5.74) is -1.43. The van der Waals surface area contributed by atoms with Crippen LogP contribution in [0.5, 0.6) is 0 Å². The molecule has 0 aliphatic carbocycles. The lowest BCUT2D eigenvalue weighted by Crippen LogP contribution is -2.54. The van der Waals surface area contributed by atoms with Crippen molar-refractivity contribution in [2.24, 2.45) is 5.92 Å². The van der Waals surface area contributed by atoms with Crippen LogP contribution in [0.25, 0.3) is 0 Å². The second-order valence-electron chi connectivity index (χ2n) is 7.35. The average Bonchev–Trinajstić information content (AvgIpc) is 2.69. The molecule has 3 atom stereocenters. The van der Waals surface area contributed by atoms with Crippen LogP contribution in [0.15, 0.2) is 30.3 Å². The number of hydrogen-bond acceptors (Lipinski definition) is 7. The van der Waals surface area contributed by atoms with Gasteiger partial charge in [-0.05, 0) is 24.8 Å². The molecule has 2 unspecified atom stereocenters. The smallest absolute Gasteiger partial charge is 0.407 e. The fourth-order valence-corrected chi connectivity index (χ4v) is 3.15. The van der Waals surface area contributed by atoms with Crippen LogP contribution >= 0.6 is 0 Å². The third kappa shape index (κ3) is 10.2. The van der Waals surface area contributed by atoms with Gasteiger partial charge in [0.05, 0.1) is 6.04 Å². The van der Waals surface area contributed by atoms with Crippen LogP contribution in [0.3, 0.4) is 0 Å². The van der Waals surface area contributed by atoms with E-state index in [1.54, 1.807) is 38.1 Å². The summed E-state index contributed by atoms with van der Waals surface area (Å²) in [4.78, 5) is 35.9. The maximum atomic E-state index is 12.3. The molecule has 1 aromatic rings. The lowest BCUT2D eigenvalue weighted by atomic mass is 10.0. The molecule has 0 aromatic heterocycles. The SMILES string of the molecule is CC(C)CC(NC(=O)[C@H](C)NC(=O)CNC(=O)OCc1ccccc1)C(O)S(=O)(=O)O. The number of amides is 3. The molecule has 31 heavy (non-hydrogen) atoms. The molecule has 0 spiro atoms. The van der Waals surface area contributed by atoms with Crippen molar-refractivity contribution in [1.82, 2.24) is 16.0 Å². The number of aliphatic hydroxyl groups is 1. The van der Waals surface area contributed by atoms with Crippen molar-refractivity contribution in [3.05, 3.63) is 35.9 Å². The van der Waals surface area contributed by atoms with Gasteiger partial charge in [0.1, 0.15) is 19.2 Å². The van der Waals surface area contributed by atoms with Crippen LogP contribution in [0.1, 0.15) is 32.8 Å². The Morgan fingerprint density at radius 3 is 2.23 bits per heavy atom. The van der Waals surface area contributed by atoms with Gasteiger partial charge in [-0.2, -0.15) is 8.42 Å². The first-order chi connectivity index (χ1) is 14.4. The minimum absolute atomic E-state index is 0.0282. The Labute approximate surface area is 181 Å². The molecular weight excluding hydrogens is 430 g/mol. The van der Waals surface area contributed by atoms with Gasteiger partial charge in [-0.3, -0.25) is 14.1 Å². The van der Waals surface area contributed by atoms with Crippen molar-refractivity contribution in [2.75, 3.05) is 6.54 Å². The van der Waals surface area contributed by atoms with Crippen molar-refractivity contribution in [3.63, 3.8) is 0 Å². The van der Waals surface area contributed by atoms with Gasteiger partial charge in [-0.15, -0.1) is 0 Å². The first-order valence-corrected chi connectivity index (χ1v) is 11.1. The second-order valence-corrected chi connectivity index (χ2v) is 8.87. The van der Waals surface area contributed by atoms with Crippen molar-refractivity contribution < 1.29 is 37.2 Å². The Kier molecular flexibility index (Phi) is 10.4. The monoisotopic (exact) mass is 459 g/mol. The highest BCUT2D eigenvalue weighted by molar-refractivity contribution is 7.86. The van der Waals surface area contributed by atoms with E-state index in [1.807, 2.05) is 6.07 Å². The van der Waals surface area contributed by atoms with Gasteiger partial charge in [0.25, 0.3) is 10.1 Å². The molecular formula is C19H29N3O8S. The number of rotatable bonds is 11. The molecule has 1 rings (SSSR count). The summed E-state index contributed by atoms with van der Waals surface area (Å²) in [6.07, 6.45) is -0.744. The number of benzene rings is 1. The Balaban J connectivity index is 2.48. The van der Waals surface area contributed by atoms with Crippen molar-refractivity contribution in [2.45, 2.75) is 51.3 Å². The molecule has 0 saturated heterocycles. The molecule has 3 amide bonds. The van der Waals surface area contributed by atoms with Crippen molar-refractivity contribution in [3.8, 4) is 0 Å². The Hall–Kier alpha value is -2.70. The minimum Gasteiger partial charge on any atom is -0.445 e. The maximum absolute atomic E-state index is 12.3. The normalized spacial score (nSPS) is 14.3. The standard InChI is InChI=1S/C19H29N3O8S/c1-12(2)9-15(18(25)31(27,28)29)22-17(24)13(3)21-16(23)10-20-19(26)30-11-14-7-5-4-6-8-14/h4-8,12-13,15,18,25H,9-11H2,1-3H3,(H,20,26)(H,21,23)(H,22,24)(H,27,28,29)/t13-,15?,18?/m0/s1. The first-order valence-electron chi connectivity index (χ1n) is 9.58. The number of alkyl carbamates (subject to hydrolysis) is 1. The lowest BCUT2D eigenvalue weighted by molar-refractivity contribution is -0.129. The quantitative estimate of drug-likeness (QED) is 0.291. The third-order valence-corrected chi connectivity index (χ3v) is 5.02. The van der Waals surface area contributed by atoms with Gasteiger partial charge in [0.2, 0.25) is 17.3 Å². The van der Waals surface area contributed by atoms with Gasteiger partial charge < -0.3 is 25.8 Å². The van der Waals surface area contributed by atoms with E-state index in [-0.39, 0.29) is 18.9 Å². The molecule has 5 N–H and O–H groups in total. The largest absolute Gasteiger partial charge is 0.445 e. The van der Waals surface area contributed by atoms with E-state index in [1.165, 1.54) is 6.92 Å². The van der Waals surface area contributed by atoms with Crippen LogP contribution in [0.2, 0.25) is 0 Å². The third-order valence-electron chi connectivity index (χ3n) is 4.08. The van der Waals surface area contributed by atoms with Gasteiger partial charge in [0.15, 0.2) is 0 Å². The molecule has 11 nitrogen and oxygen atoms in total. The lowest BCUT2D eigenvalue weighted by Gasteiger charge is -2.25. The van der Waals surface area contributed by atoms with Crippen LogP contribution in [0, 0.1) is 5.92 Å². The molecule has 0 fully saturated rings. The zero-order valence-electron chi connectivity index (χ0n) is 17.6. The average molecular weight is 460 g/mol. The van der Waals surface area contributed by atoms with Gasteiger partial charge in [0, 0.05) is 0 Å². The van der Waals surface area contributed by atoms with E-state index in [4.69, 9.17) is 9.29 Å². The zero-order valence-corrected chi connectivity index (χ0v) is 18.4. The Morgan fingerprint density at radius 2 is 1.68 bits per heavy atom. The van der Waals surface area contributed by atoms with E-state index >= 15 is 0 Å². The summed E-state index contributed by atoms with van der Waals surface area (Å²) in [6.45, 7) is 4.40. The molecule has 0 bridgehead atoms. The van der Waals surface area contributed by atoms with Crippen LogP contribution in [0.4, 0.5) is 4.79 Å². The number of carbonyl (C=O) groups is 3. The fourth-order valence-electron chi connectivity index (χ4n) is 2.55. The fraction of sp³-hybridized carbons (Fsp3) is 0.526. The number of carbonyl (C=O) groups excluding carboxylic acids is 3. The molecule has 174 valence electrons. The molecule has 0 aliphatic heterocycles. The van der Waals surface area contributed by atoms with Crippen molar-refractivity contribution >= 4 is 28.0 Å². The molecule has 1 aromatic carbocycles. The number of aliphatic hydroxyl groups excluding tert-OH is 1. The zero-order chi connectivity index (χ0) is 23.6. The molecule has 12 heteroatoms. The maximum Gasteiger partial charge on any atom is 0.407 e. The summed E-state index contributed by atoms with van der Waals surface area (Å²) < 4.78 is 36.4. The summed E-state index contributed by atoms with van der Waals surface area (Å²) >= 11 is 0. The Bertz CT molecular complexity index is 845. The second kappa shape index (κ2) is 12.2. The molecule has 0 radical (unpaired) electrons. The summed E-state index contributed by atoms with van der Waals surface area (Å²) in [5.74, 6) is -1.55. The van der Waals surface area contributed by atoms with E-state index in [2.05, 4.69) is 16.0 Å². The highest BCUT2D eigenvalue weighted by Gasteiger charge is 2.33. The van der Waals surface area contributed by atoms with Crippen LogP contribution in [-0.2, 0) is 31.1 Å². The Morgan fingerprint density at radius 1 is 1.06 bits per heavy atom. The predicted molar refractivity (Wildman–Crippen MR) is 111 cm³/mol. The topological polar surface area (TPSA) is 171 Å². The number of hydrogen-bond donors (Lipinski definition) is 5. The molecule has 0 heterocycles. The van der Waals surface area contributed by atoms with Crippen LogP contribution < -0.4 is 16.0 Å². The predicted octanol–water partition coefficient (Wildman–Crippen LogP) is 0.155. The van der Waals surface area contributed by atoms with Crippen LogP contribution in [-0.4, -0.2) is 60.0 Å². The van der Waals surface area contributed by atoms with E-state index in [0.29, 0.717) is 0 Å². The molecule has 0 aliphatic rings. The summed E-state index contributed by atoms with van der Waals surface area (Å²) in [7, 11) is -4.79. The highest BCUT2D eigenvalue weighted by atomic mass is 32.2. The van der Waals surface area contributed by atoms with Crippen molar-refractivity contribution in [1.29, 1.82) is 0 Å². The number of ether oxygens (including phenoxy) is 1. The van der Waals surface area contributed by atoms with E-state index in [0.717, 1.165) is 5.56 Å².